The van der Waals surface area contributed by atoms with Crippen LogP contribution in [0.25, 0.3) is 22.6 Å². The van der Waals surface area contributed by atoms with Crippen LogP contribution in [0, 0.1) is 0 Å². The normalized spacial score (nSPS) is 22.9. The van der Waals surface area contributed by atoms with Crippen molar-refractivity contribution in [1.82, 2.24) is 44.9 Å². The maximum atomic E-state index is 13.7. The molecule has 7 N–H and O–H groups in total. The Balaban J connectivity index is 1.42. The molecule has 0 spiro atoms. The number of nitrogen functional groups attached to an aromatic ring is 1. The second-order valence-electron chi connectivity index (χ2n) is 8.68. The van der Waals surface area contributed by atoms with Crippen molar-refractivity contribution in [2.45, 2.75) is 36.2 Å². The highest BCUT2D eigenvalue weighted by Crippen LogP contribution is 2.41. The van der Waals surface area contributed by atoms with Gasteiger partial charge in [0.25, 0.3) is 10.0 Å². The Morgan fingerprint density at radius 1 is 1.18 bits per heavy atom. The fourth-order valence-electron chi connectivity index (χ4n) is 4.39. The van der Waals surface area contributed by atoms with Crippen LogP contribution in [0.3, 0.4) is 0 Å². The van der Waals surface area contributed by atoms with Gasteiger partial charge in [-0.15, -0.1) is 10.2 Å². The number of aromatic amines is 1. The van der Waals surface area contributed by atoms with Gasteiger partial charge in [-0.25, -0.2) is 28.1 Å². The van der Waals surface area contributed by atoms with Crippen LogP contribution in [0.15, 0.2) is 36.9 Å². The molecule has 1 aliphatic rings. The maximum absolute atomic E-state index is 13.7. The number of benzene rings is 1. The summed E-state index contributed by atoms with van der Waals surface area (Å²) >= 11 is 0. The topological polar surface area (TPSA) is 274 Å². The average Bonchev–Trinajstić information content (AvgIpc) is 3.68. The zero-order valence-electron chi connectivity index (χ0n) is 20.3. The van der Waals surface area contributed by atoms with Gasteiger partial charge in [-0.05, 0) is 5.21 Å². The third kappa shape index (κ3) is 4.34. The smallest absolute Gasteiger partial charge is 0.300 e. The van der Waals surface area contributed by atoms with Crippen LogP contribution in [-0.2, 0) is 24.6 Å². The van der Waals surface area contributed by atoms with Crippen LogP contribution in [0.4, 0.5) is 5.82 Å². The number of carbonyl (C=O) groups excluding carboxylic acids is 2. The van der Waals surface area contributed by atoms with E-state index in [0.29, 0.717) is 5.56 Å². The SMILES string of the molecule is Nc1ncnc2c1ncn2[C@]1(S(=O)(=O)NC(=O)CCC(=O)c2ccccc2-c2nn[nH]n2)O[C@H](CO)[C@@H](O)[C@H]1O. The van der Waals surface area contributed by atoms with E-state index in [4.69, 9.17) is 10.5 Å². The lowest BCUT2D eigenvalue weighted by Gasteiger charge is -2.32. The number of H-pyrrole nitrogens is 1. The highest BCUT2D eigenvalue weighted by atomic mass is 32.2. The second-order valence-corrected chi connectivity index (χ2v) is 10.5. The Morgan fingerprint density at radius 3 is 2.65 bits per heavy atom. The minimum atomic E-state index is -5.09. The molecule has 4 heterocycles. The van der Waals surface area contributed by atoms with Crippen molar-refractivity contribution in [3.05, 3.63) is 42.5 Å². The number of aromatic nitrogens is 8. The van der Waals surface area contributed by atoms with Crippen molar-refractivity contribution in [1.29, 1.82) is 0 Å². The molecule has 4 aromatic rings. The lowest BCUT2D eigenvalue weighted by atomic mass is 10.00. The molecule has 0 radical (unpaired) electrons. The summed E-state index contributed by atoms with van der Waals surface area (Å²) in [5.74, 6) is -1.60. The van der Waals surface area contributed by atoms with Crippen molar-refractivity contribution in [3.8, 4) is 11.4 Å². The van der Waals surface area contributed by atoms with Gasteiger partial charge >= 0.3 is 5.06 Å². The fourth-order valence-corrected chi connectivity index (χ4v) is 6.03. The quantitative estimate of drug-likeness (QED) is 0.112. The lowest BCUT2D eigenvalue weighted by molar-refractivity contribution is -0.120. The number of tetrazole rings is 1. The standard InChI is InChI=1S/C21H22N10O8S/c22-18-15-20(24-8-23-18)31(9-25-15)21(17(36)16(35)13(7-32)39-21)40(37,38)28-14(34)6-5-12(33)10-3-1-2-4-11(10)19-26-29-30-27-19/h1-4,8-9,13,16-17,32,35-36H,5-7H2,(H,28,34)(H2,22,23,24)(H,26,27,29,30)/t13-,16-,17-,21+/m1/s1. The Labute approximate surface area is 224 Å². The van der Waals surface area contributed by atoms with Crippen LogP contribution in [0.5, 0.6) is 0 Å². The summed E-state index contributed by atoms with van der Waals surface area (Å²) in [6.07, 6.45) is -4.75. The highest BCUT2D eigenvalue weighted by molar-refractivity contribution is 7.90. The predicted molar refractivity (Wildman–Crippen MR) is 132 cm³/mol. The second kappa shape index (κ2) is 10.3. The third-order valence-electron chi connectivity index (χ3n) is 6.30. The molecule has 1 aliphatic heterocycles. The number of sulfonamides is 1. The first-order valence-corrected chi connectivity index (χ1v) is 13.1. The van der Waals surface area contributed by atoms with Gasteiger partial charge in [0.05, 0.1) is 6.61 Å². The molecule has 0 unspecified atom stereocenters. The molecule has 1 saturated heterocycles. The number of nitrogens with zero attached hydrogens (tertiary/aromatic N) is 7. The number of imidazole rings is 1. The van der Waals surface area contributed by atoms with E-state index >= 15 is 0 Å². The minimum Gasteiger partial charge on any atom is -0.394 e. The molecule has 19 heteroatoms. The third-order valence-corrected chi connectivity index (χ3v) is 8.10. The van der Waals surface area contributed by atoms with E-state index in [0.717, 1.165) is 17.2 Å². The number of rotatable bonds is 9. The molecule has 0 bridgehead atoms. The Morgan fingerprint density at radius 2 is 1.95 bits per heavy atom. The molecule has 0 aliphatic carbocycles. The number of hydrogen-bond donors (Lipinski definition) is 6. The summed E-state index contributed by atoms with van der Waals surface area (Å²) in [4.78, 5) is 37.4. The lowest BCUT2D eigenvalue weighted by Crippen LogP contribution is -2.56. The average molecular weight is 575 g/mol. The largest absolute Gasteiger partial charge is 0.394 e. The van der Waals surface area contributed by atoms with Gasteiger partial charge in [0.1, 0.15) is 36.5 Å². The van der Waals surface area contributed by atoms with Crippen molar-refractivity contribution in [2.24, 2.45) is 0 Å². The number of aliphatic hydroxyl groups excluding tert-OH is 3. The van der Waals surface area contributed by atoms with E-state index in [1.165, 1.54) is 6.07 Å². The molecule has 210 valence electrons. The Kier molecular flexibility index (Phi) is 6.98. The summed E-state index contributed by atoms with van der Waals surface area (Å²) < 4.78 is 35.5. The number of nitrogens with one attached hydrogen (secondary N) is 2. The number of amides is 1. The van der Waals surface area contributed by atoms with Crippen LogP contribution in [0.2, 0.25) is 0 Å². The van der Waals surface area contributed by atoms with Gasteiger partial charge < -0.3 is 25.8 Å². The first kappa shape index (κ1) is 27.1. The van der Waals surface area contributed by atoms with Gasteiger partial charge in [0.15, 0.2) is 17.2 Å². The van der Waals surface area contributed by atoms with Gasteiger partial charge in [-0.3, -0.25) is 14.2 Å². The molecule has 4 atom stereocenters. The number of hydrogen-bond acceptors (Lipinski definition) is 15. The van der Waals surface area contributed by atoms with Gasteiger partial charge in [-0.2, -0.15) is 5.21 Å². The molecule has 3 aromatic heterocycles. The van der Waals surface area contributed by atoms with E-state index in [9.17, 15) is 33.3 Å². The monoisotopic (exact) mass is 574 g/mol. The summed E-state index contributed by atoms with van der Waals surface area (Å²) in [7, 11) is -5.09. The van der Waals surface area contributed by atoms with E-state index in [1.807, 2.05) is 0 Å². The van der Waals surface area contributed by atoms with Crippen LogP contribution in [-0.4, -0.2) is 100 Å². The summed E-state index contributed by atoms with van der Waals surface area (Å²) in [6.45, 7) is -0.874. The number of nitrogens with two attached hydrogens (primary N) is 1. The first-order chi connectivity index (χ1) is 19.1. The number of carbonyl (C=O) groups is 2. The number of ether oxygens (including phenoxy) is 1. The first-order valence-electron chi connectivity index (χ1n) is 11.6. The molecule has 18 nitrogen and oxygen atoms in total. The molecule has 1 amide bonds. The maximum Gasteiger partial charge on any atom is 0.300 e. The molecular weight excluding hydrogens is 552 g/mol. The molecule has 5 rings (SSSR count). The van der Waals surface area contributed by atoms with Gasteiger partial charge in [0, 0.05) is 24.0 Å². The predicted octanol–water partition coefficient (Wildman–Crippen LogP) is -2.58. The molecule has 40 heavy (non-hydrogen) atoms. The van der Waals surface area contributed by atoms with E-state index in [-0.39, 0.29) is 28.4 Å². The molecule has 1 fully saturated rings. The van der Waals surface area contributed by atoms with Crippen LogP contribution < -0.4 is 10.5 Å². The number of ketones is 1. The summed E-state index contributed by atoms with van der Waals surface area (Å²) in [5, 5.41) is 41.5. The van der Waals surface area contributed by atoms with Crippen LogP contribution in [0.1, 0.15) is 23.2 Å². The fraction of sp³-hybridized carbons (Fsp3) is 0.333. The molecule has 0 saturated carbocycles. The Bertz CT molecular complexity index is 1680. The zero-order chi connectivity index (χ0) is 28.7. The molecular formula is C21H22N10O8S. The van der Waals surface area contributed by atoms with Crippen LogP contribution >= 0.6 is 0 Å². The van der Waals surface area contributed by atoms with E-state index in [2.05, 4.69) is 35.6 Å². The minimum absolute atomic E-state index is 0.0491. The number of anilines is 1. The van der Waals surface area contributed by atoms with E-state index in [1.54, 1.807) is 22.9 Å². The number of aliphatic hydroxyl groups is 3. The summed E-state index contributed by atoms with van der Waals surface area (Å²) in [5.41, 5.74) is 6.07. The van der Waals surface area contributed by atoms with Crippen molar-refractivity contribution >= 4 is 38.7 Å². The van der Waals surface area contributed by atoms with Crippen molar-refractivity contribution < 1.29 is 38.1 Å². The zero-order valence-corrected chi connectivity index (χ0v) is 21.1. The molecule has 1 aromatic carbocycles. The van der Waals surface area contributed by atoms with Crippen molar-refractivity contribution in [2.75, 3.05) is 12.3 Å². The Hall–Kier alpha value is -4.43. The highest BCUT2D eigenvalue weighted by Gasteiger charge is 2.65. The van der Waals surface area contributed by atoms with Gasteiger partial charge in [-0.1, -0.05) is 24.3 Å². The van der Waals surface area contributed by atoms with Crippen molar-refractivity contribution in [3.63, 3.8) is 0 Å². The number of fused-ring (bicyclic) bond motifs is 1. The summed E-state index contributed by atoms with van der Waals surface area (Å²) in [6, 6.07) is 6.33. The van der Waals surface area contributed by atoms with E-state index < -0.39 is 64.5 Å². The van der Waals surface area contributed by atoms with Gasteiger partial charge in [0.2, 0.25) is 11.7 Å². The number of Topliss-reactive ketones (excluding diaryl/α,β-unsaturated/α-hetero) is 1.